The summed E-state index contributed by atoms with van der Waals surface area (Å²) in [7, 11) is 0. The SMILES string of the molecule is C=C(Cl)CCCc1ccc(Cl)c(Cl)c1. The normalized spacial score (nSPS) is 10.2. The molecule has 0 saturated heterocycles. The Hall–Kier alpha value is -0.170. The summed E-state index contributed by atoms with van der Waals surface area (Å²) in [5.74, 6) is 0. The second-order valence-corrected chi connectivity index (χ2v) is 4.47. The highest BCUT2D eigenvalue weighted by molar-refractivity contribution is 6.42. The van der Waals surface area contributed by atoms with Crippen LogP contribution in [0.15, 0.2) is 29.8 Å². The lowest BCUT2D eigenvalue weighted by molar-refractivity contribution is 0.836. The molecule has 0 nitrogen and oxygen atoms in total. The zero-order valence-electron chi connectivity index (χ0n) is 7.69. The fraction of sp³-hybridized carbons (Fsp3) is 0.273. The van der Waals surface area contributed by atoms with Crippen LogP contribution in [0.25, 0.3) is 0 Å². The van der Waals surface area contributed by atoms with Crippen LogP contribution in [0.1, 0.15) is 18.4 Å². The van der Waals surface area contributed by atoms with Crippen LogP contribution in [-0.4, -0.2) is 0 Å². The highest BCUT2D eigenvalue weighted by Gasteiger charge is 1.99. The summed E-state index contributed by atoms with van der Waals surface area (Å²) < 4.78 is 0. The van der Waals surface area contributed by atoms with Gasteiger partial charge in [0.1, 0.15) is 0 Å². The number of halogens is 3. The lowest BCUT2D eigenvalue weighted by Gasteiger charge is -2.02. The molecule has 1 aromatic rings. The molecule has 76 valence electrons. The molecule has 0 saturated carbocycles. The van der Waals surface area contributed by atoms with Crippen LogP contribution in [0, 0.1) is 0 Å². The first kappa shape index (κ1) is 11.9. The molecule has 0 spiro atoms. The molecule has 0 aliphatic heterocycles. The molecule has 0 amide bonds. The predicted octanol–water partition coefficient (Wildman–Crippen LogP) is 5.07. The fourth-order valence-electron chi connectivity index (χ4n) is 1.18. The van der Waals surface area contributed by atoms with Gasteiger partial charge in [0.2, 0.25) is 0 Å². The van der Waals surface area contributed by atoms with E-state index < -0.39 is 0 Å². The molecule has 14 heavy (non-hydrogen) atoms. The average Bonchev–Trinajstić information content (AvgIpc) is 2.10. The van der Waals surface area contributed by atoms with Crippen molar-refractivity contribution in [3.63, 3.8) is 0 Å². The van der Waals surface area contributed by atoms with Gasteiger partial charge in [0.05, 0.1) is 10.0 Å². The van der Waals surface area contributed by atoms with E-state index in [2.05, 4.69) is 6.58 Å². The molecule has 0 fully saturated rings. The van der Waals surface area contributed by atoms with Crippen molar-refractivity contribution in [1.29, 1.82) is 0 Å². The standard InChI is InChI=1S/C11H11Cl3/c1-8(12)3-2-4-9-5-6-10(13)11(14)7-9/h5-7H,1-4H2. The van der Waals surface area contributed by atoms with Crippen molar-refractivity contribution in [2.75, 3.05) is 0 Å². The summed E-state index contributed by atoms with van der Waals surface area (Å²) in [6, 6.07) is 5.68. The van der Waals surface area contributed by atoms with Gasteiger partial charge in [-0.3, -0.25) is 0 Å². The van der Waals surface area contributed by atoms with Crippen molar-refractivity contribution in [2.45, 2.75) is 19.3 Å². The average molecular weight is 250 g/mol. The number of hydrogen-bond donors (Lipinski definition) is 0. The van der Waals surface area contributed by atoms with Crippen LogP contribution < -0.4 is 0 Å². The number of benzene rings is 1. The van der Waals surface area contributed by atoms with Crippen LogP contribution in [0.5, 0.6) is 0 Å². The van der Waals surface area contributed by atoms with Crippen molar-refractivity contribution in [3.8, 4) is 0 Å². The Balaban J connectivity index is 2.51. The predicted molar refractivity (Wildman–Crippen MR) is 64.4 cm³/mol. The first-order chi connectivity index (χ1) is 6.59. The van der Waals surface area contributed by atoms with Gasteiger partial charge in [-0.25, -0.2) is 0 Å². The molecule has 0 atom stereocenters. The number of hydrogen-bond acceptors (Lipinski definition) is 0. The maximum absolute atomic E-state index is 5.88. The molecule has 0 unspecified atom stereocenters. The second-order valence-electron chi connectivity index (χ2n) is 3.12. The molecular weight excluding hydrogens is 238 g/mol. The van der Waals surface area contributed by atoms with E-state index in [0.29, 0.717) is 15.1 Å². The minimum absolute atomic E-state index is 0.595. The Morgan fingerprint density at radius 3 is 2.50 bits per heavy atom. The van der Waals surface area contributed by atoms with E-state index in [1.54, 1.807) is 0 Å². The molecule has 1 aromatic carbocycles. The fourth-order valence-corrected chi connectivity index (χ4v) is 1.63. The van der Waals surface area contributed by atoms with Crippen molar-refractivity contribution in [2.24, 2.45) is 0 Å². The largest absolute Gasteiger partial charge is 0.0898 e. The Kier molecular flexibility index (Phi) is 4.80. The van der Waals surface area contributed by atoms with E-state index in [-0.39, 0.29) is 0 Å². The Bertz CT molecular complexity index is 331. The Morgan fingerprint density at radius 1 is 1.21 bits per heavy atom. The zero-order valence-corrected chi connectivity index (χ0v) is 9.96. The van der Waals surface area contributed by atoms with Gasteiger partial charge in [0, 0.05) is 5.03 Å². The van der Waals surface area contributed by atoms with Gasteiger partial charge >= 0.3 is 0 Å². The second kappa shape index (κ2) is 5.65. The maximum Gasteiger partial charge on any atom is 0.0595 e. The highest BCUT2D eigenvalue weighted by Crippen LogP contribution is 2.23. The lowest BCUT2D eigenvalue weighted by atomic mass is 10.1. The van der Waals surface area contributed by atoms with Gasteiger partial charge in [-0.2, -0.15) is 0 Å². The summed E-state index contributed by atoms with van der Waals surface area (Å²) in [5, 5.41) is 1.90. The Morgan fingerprint density at radius 2 is 1.93 bits per heavy atom. The van der Waals surface area contributed by atoms with E-state index in [0.717, 1.165) is 19.3 Å². The van der Waals surface area contributed by atoms with E-state index in [4.69, 9.17) is 34.8 Å². The van der Waals surface area contributed by atoms with Gasteiger partial charge in [0.15, 0.2) is 0 Å². The van der Waals surface area contributed by atoms with Crippen LogP contribution in [0.4, 0.5) is 0 Å². The van der Waals surface area contributed by atoms with Gasteiger partial charge in [-0.1, -0.05) is 47.4 Å². The molecular formula is C11H11Cl3. The van der Waals surface area contributed by atoms with Crippen molar-refractivity contribution in [1.82, 2.24) is 0 Å². The van der Waals surface area contributed by atoms with Crippen molar-refractivity contribution < 1.29 is 0 Å². The summed E-state index contributed by atoms with van der Waals surface area (Å²) in [6.07, 6.45) is 2.77. The molecule has 0 bridgehead atoms. The van der Waals surface area contributed by atoms with Crippen molar-refractivity contribution in [3.05, 3.63) is 45.4 Å². The molecule has 0 aliphatic carbocycles. The third-order valence-electron chi connectivity index (χ3n) is 1.90. The maximum atomic E-state index is 5.88. The summed E-state index contributed by atoms with van der Waals surface area (Å²) in [4.78, 5) is 0. The molecule has 0 aromatic heterocycles. The Labute approximate surface area is 99.5 Å². The van der Waals surface area contributed by atoms with E-state index >= 15 is 0 Å². The van der Waals surface area contributed by atoms with Gasteiger partial charge in [0.25, 0.3) is 0 Å². The lowest BCUT2D eigenvalue weighted by Crippen LogP contribution is -1.85. The van der Waals surface area contributed by atoms with E-state index in [1.165, 1.54) is 5.56 Å². The van der Waals surface area contributed by atoms with Gasteiger partial charge in [-0.05, 0) is 37.0 Å². The monoisotopic (exact) mass is 248 g/mol. The third-order valence-corrected chi connectivity index (χ3v) is 2.83. The minimum atomic E-state index is 0.595. The number of rotatable bonds is 4. The topological polar surface area (TPSA) is 0 Å². The first-order valence-electron chi connectivity index (χ1n) is 4.37. The molecule has 0 radical (unpaired) electrons. The van der Waals surface area contributed by atoms with Crippen LogP contribution in [-0.2, 0) is 6.42 Å². The van der Waals surface area contributed by atoms with E-state index in [9.17, 15) is 0 Å². The summed E-state index contributed by atoms with van der Waals surface area (Å²) in [6.45, 7) is 3.64. The van der Waals surface area contributed by atoms with Gasteiger partial charge in [-0.15, -0.1) is 0 Å². The summed E-state index contributed by atoms with van der Waals surface area (Å²) in [5.41, 5.74) is 1.18. The highest BCUT2D eigenvalue weighted by atomic mass is 35.5. The molecule has 0 N–H and O–H groups in total. The molecule has 0 heterocycles. The van der Waals surface area contributed by atoms with Crippen LogP contribution in [0.2, 0.25) is 10.0 Å². The third kappa shape index (κ3) is 3.91. The first-order valence-corrected chi connectivity index (χ1v) is 5.50. The van der Waals surface area contributed by atoms with Crippen molar-refractivity contribution >= 4 is 34.8 Å². The smallest absolute Gasteiger partial charge is 0.0595 e. The van der Waals surface area contributed by atoms with Crippen LogP contribution in [0.3, 0.4) is 0 Å². The molecule has 0 aliphatic rings. The quantitative estimate of drug-likeness (QED) is 0.699. The summed E-state index contributed by atoms with van der Waals surface area (Å²) >= 11 is 17.3. The molecule has 1 rings (SSSR count). The van der Waals surface area contributed by atoms with E-state index in [1.807, 2.05) is 18.2 Å². The minimum Gasteiger partial charge on any atom is -0.0898 e. The number of aryl methyl sites for hydroxylation is 1. The zero-order chi connectivity index (χ0) is 10.6. The van der Waals surface area contributed by atoms with Crippen LogP contribution >= 0.6 is 34.8 Å². The number of allylic oxidation sites excluding steroid dienone is 1. The van der Waals surface area contributed by atoms with Gasteiger partial charge < -0.3 is 0 Å². The molecule has 3 heteroatoms.